The second kappa shape index (κ2) is 10.3. The number of piperidine rings is 1. The van der Waals surface area contributed by atoms with Crippen LogP contribution in [-0.4, -0.2) is 72.2 Å². The SMILES string of the molecule is COc1cc(/C=C2\SC(=O)N(CC(=O)N3CCCCC3)C2=O)ccc1OCC(=O)NC1CC1. The number of imide groups is 1. The number of ether oxygens (including phenoxy) is 2. The Morgan fingerprint density at radius 2 is 1.91 bits per heavy atom. The molecule has 1 aliphatic carbocycles. The standard InChI is InChI=1S/C23H27N3O6S/c1-31-18-11-15(5-8-17(18)32-14-20(27)24-16-6-7-16)12-19-22(29)26(23(30)33-19)13-21(28)25-9-3-2-4-10-25/h5,8,11-12,16H,2-4,6-7,9-10,13-14H2,1H3,(H,24,27)/b19-12-. The lowest BCUT2D eigenvalue weighted by atomic mass is 10.1. The van der Waals surface area contributed by atoms with E-state index in [0.717, 1.165) is 48.8 Å². The number of hydrogen-bond donors (Lipinski definition) is 1. The van der Waals surface area contributed by atoms with Gasteiger partial charge in [0.05, 0.1) is 12.0 Å². The highest BCUT2D eigenvalue weighted by Gasteiger charge is 2.37. The molecule has 0 aromatic heterocycles. The summed E-state index contributed by atoms with van der Waals surface area (Å²) in [5.41, 5.74) is 0.634. The third-order valence-corrected chi connectivity index (χ3v) is 6.57. The molecule has 0 atom stereocenters. The molecule has 0 bridgehead atoms. The van der Waals surface area contributed by atoms with E-state index in [1.165, 1.54) is 7.11 Å². The molecule has 10 heteroatoms. The summed E-state index contributed by atoms with van der Waals surface area (Å²) in [5, 5.41) is 2.40. The zero-order valence-electron chi connectivity index (χ0n) is 18.5. The fraction of sp³-hybridized carbons (Fsp3) is 0.478. The zero-order valence-corrected chi connectivity index (χ0v) is 19.3. The van der Waals surface area contributed by atoms with Crippen molar-refractivity contribution in [3.63, 3.8) is 0 Å². The Labute approximate surface area is 196 Å². The van der Waals surface area contributed by atoms with Crippen molar-refractivity contribution in [2.24, 2.45) is 0 Å². The summed E-state index contributed by atoms with van der Waals surface area (Å²) in [4.78, 5) is 52.5. The summed E-state index contributed by atoms with van der Waals surface area (Å²) in [5.74, 6) is -0.0572. The fourth-order valence-electron chi connectivity index (χ4n) is 3.70. The van der Waals surface area contributed by atoms with Crippen LogP contribution in [0.3, 0.4) is 0 Å². The largest absolute Gasteiger partial charge is 0.493 e. The molecule has 0 spiro atoms. The summed E-state index contributed by atoms with van der Waals surface area (Å²) in [7, 11) is 1.48. The number of nitrogens with zero attached hydrogens (tertiary/aromatic N) is 2. The van der Waals surface area contributed by atoms with Crippen molar-refractivity contribution in [1.29, 1.82) is 0 Å². The number of thioether (sulfide) groups is 1. The predicted octanol–water partition coefficient (Wildman–Crippen LogP) is 2.40. The van der Waals surface area contributed by atoms with E-state index in [2.05, 4.69) is 5.32 Å². The van der Waals surface area contributed by atoms with Crippen LogP contribution in [0.1, 0.15) is 37.7 Å². The molecule has 33 heavy (non-hydrogen) atoms. The number of amides is 4. The fourth-order valence-corrected chi connectivity index (χ4v) is 4.54. The number of methoxy groups -OCH3 is 1. The van der Waals surface area contributed by atoms with Crippen LogP contribution in [0, 0.1) is 0 Å². The third-order valence-electron chi connectivity index (χ3n) is 5.66. The molecular formula is C23H27N3O6S. The van der Waals surface area contributed by atoms with Crippen LogP contribution >= 0.6 is 11.8 Å². The predicted molar refractivity (Wildman–Crippen MR) is 123 cm³/mol. The molecule has 1 N–H and O–H groups in total. The van der Waals surface area contributed by atoms with E-state index >= 15 is 0 Å². The van der Waals surface area contributed by atoms with Crippen LogP contribution in [0.25, 0.3) is 6.08 Å². The van der Waals surface area contributed by atoms with Crippen LogP contribution in [0.2, 0.25) is 0 Å². The summed E-state index contributed by atoms with van der Waals surface area (Å²) in [6.45, 7) is 0.986. The Morgan fingerprint density at radius 1 is 1.15 bits per heavy atom. The Balaban J connectivity index is 1.39. The van der Waals surface area contributed by atoms with Gasteiger partial charge in [-0.05, 0) is 67.6 Å². The molecule has 2 aliphatic heterocycles. The van der Waals surface area contributed by atoms with Gasteiger partial charge in [0.15, 0.2) is 18.1 Å². The van der Waals surface area contributed by atoms with E-state index in [1.54, 1.807) is 29.2 Å². The minimum absolute atomic E-state index is 0.115. The first-order chi connectivity index (χ1) is 15.9. The van der Waals surface area contributed by atoms with Gasteiger partial charge in [0, 0.05) is 19.1 Å². The second-order valence-corrected chi connectivity index (χ2v) is 9.24. The molecule has 2 saturated heterocycles. The van der Waals surface area contributed by atoms with Gasteiger partial charge in [0.1, 0.15) is 6.54 Å². The van der Waals surface area contributed by atoms with Gasteiger partial charge in [-0.25, -0.2) is 0 Å². The lowest BCUT2D eigenvalue weighted by Gasteiger charge is -2.27. The van der Waals surface area contributed by atoms with E-state index in [0.29, 0.717) is 30.2 Å². The van der Waals surface area contributed by atoms with Crippen LogP contribution in [0.4, 0.5) is 4.79 Å². The van der Waals surface area contributed by atoms with Crippen molar-refractivity contribution in [2.45, 2.75) is 38.1 Å². The summed E-state index contributed by atoms with van der Waals surface area (Å²) < 4.78 is 10.9. The molecule has 3 fully saturated rings. The molecule has 4 amide bonds. The third kappa shape index (κ3) is 5.87. The lowest BCUT2D eigenvalue weighted by molar-refractivity contribution is -0.136. The molecule has 1 aromatic carbocycles. The average molecular weight is 474 g/mol. The van der Waals surface area contributed by atoms with Crippen LogP contribution in [0.15, 0.2) is 23.1 Å². The normalized spacial score (nSPS) is 19.7. The zero-order chi connectivity index (χ0) is 23.4. The molecule has 4 rings (SSSR count). The van der Waals surface area contributed by atoms with Gasteiger partial charge in [-0.2, -0.15) is 0 Å². The van der Waals surface area contributed by atoms with Crippen molar-refractivity contribution in [2.75, 3.05) is 33.4 Å². The van der Waals surface area contributed by atoms with Gasteiger partial charge in [0.2, 0.25) is 5.91 Å². The van der Waals surface area contributed by atoms with Crippen molar-refractivity contribution in [1.82, 2.24) is 15.1 Å². The minimum atomic E-state index is -0.480. The second-order valence-electron chi connectivity index (χ2n) is 8.25. The van der Waals surface area contributed by atoms with Crippen LogP contribution in [-0.2, 0) is 14.4 Å². The van der Waals surface area contributed by atoms with Gasteiger partial charge >= 0.3 is 0 Å². The molecule has 0 unspecified atom stereocenters. The molecule has 2 heterocycles. The molecule has 3 aliphatic rings. The number of rotatable bonds is 8. The van der Waals surface area contributed by atoms with Gasteiger partial charge in [-0.3, -0.25) is 24.1 Å². The number of carbonyl (C=O) groups is 4. The molecule has 0 radical (unpaired) electrons. The van der Waals surface area contributed by atoms with E-state index in [1.807, 2.05) is 0 Å². The number of likely N-dealkylation sites (tertiary alicyclic amines) is 1. The number of hydrogen-bond acceptors (Lipinski definition) is 7. The quantitative estimate of drug-likeness (QED) is 0.578. The topological polar surface area (TPSA) is 105 Å². The van der Waals surface area contributed by atoms with Crippen molar-refractivity contribution in [3.05, 3.63) is 28.7 Å². The maximum atomic E-state index is 12.8. The van der Waals surface area contributed by atoms with Crippen molar-refractivity contribution in [3.8, 4) is 11.5 Å². The van der Waals surface area contributed by atoms with E-state index < -0.39 is 11.1 Å². The summed E-state index contributed by atoms with van der Waals surface area (Å²) in [6, 6.07) is 5.29. The van der Waals surface area contributed by atoms with Crippen LogP contribution < -0.4 is 14.8 Å². The maximum Gasteiger partial charge on any atom is 0.294 e. The van der Waals surface area contributed by atoms with E-state index in [4.69, 9.17) is 9.47 Å². The highest BCUT2D eigenvalue weighted by Crippen LogP contribution is 2.34. The Kier molecular flexibility index (Phi) is 7.22. The first-order valence-corrected chi connectivity index (χ1v) is 11.9. The van der Waals surface area contributed by atoms with Gasteiger partial charge < -0.3 is 19.7 Å². The maximum absolute atomic E-state index is 12.8. The van der Waals surface area contributed by atoms with Crippen molar-refractivity contribution < 1.29 is 28.7 Å². The van der Waals surface area contributed by atoms with Crippen molar-refractivity contribution >= 4 is 40.8 Å². The van der Waals surface area contributed by atoms with Crippen LogP contribution in [0.5, 0.6) is 11.5 Å². The highest BCUT2D eigenvalue weighted by atomic mass is 32.2. The minimum Gasteiger partial charge on any atom is -0.493 e. The van der Waals surface area contributed by atoms with E-state index in [9.17, 15) is 19.2 Å². The van der Waals surface area contributed by atoms with Gasteiger partial charge in [-0.1, -0.05) is 6.07 Å². The van der Waals surface area contributed by atoms with E-state index in [-0.39, 0.29) is 35.9 Å². The average Bonchev–Trinajstić information content (AvgIpc) is 3.60. The summed E-state index contributed by atoms with van der Waals surface area (Å²) >= 11 is 0.811. The number of carbonyl (C=O) groups excluding carboxylic acids is 4. The summed E-state index contributed by atoms with van der Waals surface area (Å²) in [6.07, 6.45) is 6.57. The smallest absolute Gasteiger partial charge is 0.294 e. The Morgan fingerprint density at radius 3 is 2.61 bits per heavy atom. The number of nitrogens with one attached hydrogen (secondary N) is 1. The van der Waals surface area contributed by atoms with Gasteiger partial charge in [-0.15, -0.1) is 0 Å². The molecular weight excluding hydrogens is 446 g/mol. The molecule has 1 saturated carbocycles. The molecule has 9 nitrogen and oxygen atoms in total. The first kappa shape index (κ1) is 23.2. The molecule has 1 aromatic rings. The highest BCUT2D eigenvalue weighted by molar-refractivity contribution is 8.18. The monoisotopic (exact) mass is 473 g/mol. The lowest BCUT2D eigenvalue weighted by Crippen LogP contribution is -2.44. The van der Waals surface area contributed by atoms with Gasteiger partial charge in [0.25, 0.3) is 17.1 Å². The molecule has 176 valence electrons. The number of benzene rings is 1. The Hall–Kier alpha value is -3.01. The first-order valence-electron chi connectivity index (χ1n) is 11.1. The Bertz CT molecular complexity index is 984.